The summed E-state index contributed by atoms with van der Waals surface area (Å²) in [6, 6.07) is 8.45. The average molecular weight is 335 g/mol. The first-order valence-electron chi connectivity index (χ1n) is 5.78. The van der Waals surface area contributed by atoms with Crippen molar-refractivity contribution in [3.63, 3.8) is 0 Å². The summed E-state index contributed by atoms with van der Waals surface area (Å²) in [5.74, 6) is -1.28. The summed E-state index contributed by atoms with van der Waals surface area (Å²) in [5, 5.41) is 11.5. The second kappa shape index (κ2) is 6.29. The summed E-state index contributed by atoms with van der Waals surface area (Å²) in [4.78, 5) is 26.8. The first kappa shape index (κ1) is 14.2. The molecule has 2 N–H and O–H groups in total. The van der Waals surface area contributed by atoms with E-state index in [2.05, 4.69) is 26.2 Å². The standard InChI is InChI=1S/C14H11BrN2O3/c15-11-5-10(7-16-8-11)14(20)17-12-4-2-1-3-9(12)6-13(18)19/h1-5,7-8H,6H2,(H,17,20)(H,18,19). The monoisotopic (exact) mass is 334 g/mol. The van der Waals surface area contributed by atoms with Crippen LogP contribution in [0.4, 0.5) is 5.69 Å². The Labute approximate surface area is 123 Å². The number of aromatic nitrogens is 1. The van der Waals surface area contributed by atoms with Crippen molar-refractivity contribution in [2.24, 2.45) is 0 Å². The molecule has 0 unspecified atom stereocenters. The molecule has 0 aliphatic heterocycles. The van der Waals surface area contributed by atoms with E-state index in [1.165, 1.54) is 6.20 Å². The van der Waals surface area contributed by atoms with Gasteiger partial charge in [0.15, 0.2) is 0 Å². The number of hydrogen-bond acceptors (Lipinski definition) is 3. The van der Waals surface area contributed by atoms with Gasteiger partial charge >= 0.3 is 5.97 Å². The molecule has 0 aliphatic rings. The molecule has 0 aliphatic carbocycles. The normalized spacial score (nSPS) is 10.1. The molecule has 0 saturated heterocycles. The lowest BCUT2D eigenvalue weighted by Gasteiger charge is -2.09. The molecule has 5 nitrogen and oxygen atoms in total. The van der Waals surface area contributed by atoms with E-state index in [9.17, 15) is 9.59 Å². The largest absolute Gasteiger partial charge is 0.481 e. The molecule has 1 aromatic carbocycles. The van der Waals surface area contributed by atoms with Gasteiger partial charge in [-0.3, -0.25) is 14.6 Å². The van der Waals surface area contributed by atoms with Crippen LogP contribution >= 0.6 is 15.9 Å². The second-order valence-corrected chi connectivity index (χ2v) is 4.99. The molecule has 1 heterocycles. The van der Waals surface area contributed by atoms with Crippen LogP contribution < -0.4 is 5.32 Å². The van der Waals surface area contributed by atoms with Crippen LogP contribution in [-0.4, -0.2) is 22.0 Å². The maximum absolute atomic E-state index is 12.1. The average Bonchev–Trinajstić information content (AvgIpc) is 2.40. The quantitative estimate of drug-likeness (QED) is 0.900. The Bertz CT molecular complexity index is 658. The van der Waals surface area contributed by atoms with Gasteiger partial charge in [-0.1, -0.05) is 18.2 Å². The number of nitrogens with one attached hydrogen (secondary N) is 1. The molecular formula is C14H11BrN2O3. The number of halogens is 1. The number of hydrogen-bond donors (Lipinski definition) is 2. The lowest BCUT2D eigenvalue weighted by molar-refractivity contribution is -0.136. The number of amides is 1. The third-order valence-electron chi connectivity index (χ3n) is 2.57. The van der Waals surface area contributed by atoms with Gasteiger partial charge in [0.2, 0.25) is 0 Å². The van der Waals surface area contributed by atoms with E-state index in [1.54, 1.807) is 36.5 Å². The lowest BCUT2D eigenvalue weighted by atomic mass is 10.1. The van der Waals surface area contributed by atoms with Crippen molar-refractivity contribution >= 4 is 33.5 Å². The number of anilines is 1. The topological polar surface area (TPSA) is 79.3 Å². The van der Waals surface area contributed by atoms with Crippen molar-refractivity contribution in [3.8, 4) is 0 Å². The molecule has 0 saturated carbocycles. The number of carbonyl (C=O) groups excluding carboxylic acids is 1. The predicted octanol–water partition coefficient (Wildman–Crippen LogP) is 2.72. The van der Waals surface area contributed by atoms with Gasteiger partial charge < -0.3 is 10.4 Å². The van der Waals surface area contributed by atoms with Crippen LogP contribution in [0.2, 0.25) is 0 Å². The van der Waals surface area contributed by atoms with E-state index >= 15 is 0 Å². The Morgan fingerprint density at radius 3 is 2.70 bits per heavy atom. The Kier molecular flexibility index (Phi) is 4.47. The number of para-hydroxylation sites is 1. The van der Waals surface area contributed by atoms with Crippen molar-refractivity contribution in [2.45, 2.75) is 6.42 Å². The molecular weight excluding hydrogens is 324 g/mol. The number of aliphatic carboxylic acids is 1. The number of pyridine rings is 1. The fraction of sp³-hybridized carbons (Fsp3) is 0.0714. The van der Waals surface area contributed by atoms with Crippen LogP contribution in [0.25, 0.3) is 0 Å². The summed E-state index contributed by atoms with van der Waals surface area (Å²) < 4.78 is 0.698. The minimum absolute atomic E-state index is 0.146. The van der Waals surface area contributed by atoms with Crippen LogP contribution in [0.3, 0.4) is 0 Å². The Morgan fingerprint density at radius 1 is 1.25 bits per heavy atom. The number of nitrogens with zero attached hydrogens (tertiary/aromatic N) is 1. The van der Waals surface area contributed by atoms with Crippen molar-refractivity contribution < 1.29 is 14.7 Å². The van der Waals surface area contributed by atoms with Gasteiger partial charge in [-0.2, -0.15) is 0 Å². The zero-order valence-electron chi connectivity index (χ0n) is 10.3. The number of carbonyl (C=O) groups is 2. The van der Waals surface area contributed by atoms with Crippen molar-refractivity contribution in [3.05, 3.63) is 58.3 Å². The molecule has 20 heavy (non-hydrogen) atoms. The first-order valence-corrected chi connectivity index (χ1v) is 6.57. The van der Waals surface area contributed by atoms with Crippen LogP contribution in [0.1, 0.15) is 15.9 Å². The smallest absolute Gasteiger partial charge is 0.307 e. The van der Waals surface area contributed by atoms with Gasteiger partial charge in [0, 0.05) is 22.6 Å². The molecule has 0 radical (unpaired) electrons. The van der Waals surface area contributed by atoms with Gasteiger partial charge in [-0.15, -0.1) is 0 Å². The van der Waals surface area contributed by atoms with E-state index in [-0.39, 0.29) is 12.3 Å². The first-order chi connectivity index (χ1) is 9.56. The molecule has 2 aromatic rings. The van der Waals surface area contributed by atoms with Crippen LogP contribution in [0.5, 0.6) is 0 Å². The maximum Gasteiger partial charge on any atom is 0.307 e. The van der Waals surface area contributed by atoms with E-state index in [4.69, 9.17) is 5.11 Å². The van der Waals surface area contributed by atoms with Crippen molar-refractivity contribution in [1.82, 2.24) is 4.98 Å². The predicted molar refractivity (Wildman–Crippen MR) is 77.7 cm³/mol. The molecule has 1 amide bonds. The highest BCUT2D eigenvalue weighted by Gasteiger charge is 2.11. The zero-order chi connectivity index (χ0) is 14.5. The summed E-state index contributed by atoms with van der Waals surface area (Å²) >= 11 is 3.24. The Hall–Kier alpha value is -2.21. The van der Waals surface area contributed by atoms with E-state index in [1.807, 2.05) is 0 Å². The summed E-state index contributed by atoms with van der Waals surface area (Å²) in [6.07, 6.45) is 2.88. The molecule has 6 heteroatoms. The van der Waals surface area contributed by atoms with Gasteiger partial charge in [0.05, 0.1) is 12.0 Å². The highest BCUT2D eigenvalue weighted by molar-refractivity contribution is 9.10. The zero-order valence-corrected chi connectivity index (χ0v) is 11.9. The fourth-order valence-electron chi connectivity index (χ4n) is 1.69. The van der Waals surface area contributed by atoms with E-state index < -0.39 is 5.97 Å². The lowest BCUT2D eigenvalue weighted by Crippen LogP contribution is -2.14. The van der Waals surface area contributed by atoms with Gasteiger partial charge in [0.1, 0.15) is 0 Å². The number of carboxylic acids is 1. The molecule has 1 aromatic heterocycles. The second-order valence-electron chi connectivity index (χ2n) is 4.07. The Morgan fingerprint density at radius 2 is 2.00 bits per heavy atom. The molecule has 2 rings (SSSR count). The van der Waals surface area contributed by atoms with Crippen LogP contribution in [0.15, 0.2) is 47.2 Å². The van der Waals surface area contributed by atoms with Gasteiger partial charge in [-0.05, 0) is 33.6 Å². The summed E-state index contributed by atoms with van der Waals surface area (Å²) in [6.45, 7) is 0. The minimum atomic E-state index is -0.948. The number of carboxylic acid groups (broad SMARTS) is 1. The highest BCUT2D eigenvalue weighted by atomic mass is 79.9. The molecule has 0 bridgehead atoms. The summed E-state index contributed by atoms with van der Waals surface area (Å²) in [7, 11) is 0. The third-order valence-corrected chi connectivity index (χ3v) is 3.01. The number of benzene rings is 1. The van der Waals surface area contributed by atoms with E-state index in [0.717, 1.165) is 0 Å². The van der Waals surface area contributed by atoms with Crippen LogP contribution in [0, 0.1) is 0 Å². The third kappa shape index (κ3) is 3.64. The van der Waals surface area contributed by atoms with Crippen molar-refractivity contribution in [1.29, 1.82) is 0 Å². The molecule has 0 fully saturated rings. The van der Waals surface area contributed by atoms with Crippen LogP contribution in [-0.2, 0) is 11.2 Å². The van der Waals surface area contributed by atoms with Gasteiger partial charge in [-0.25, -0.2) is 0 Å². The maximum atomic E-state index is 12.1. The fourth-order valence-corrected chi connectivity index (χ4v) is 2.05. The van der Waals surface area contributed by atoms with Gasteiger partial charge in [0.25, 0.3) is 5.91 Å². The molecule has 102 valence electrons. The number of rotatable bonds is 4. The Balaban J connectivity index is 2.21. The highest BCUT2D eigenvalue weighted by Crippen LogP contribution is 2.17. The SMILES string of the molecule is O=C(O)Cc1ccccc1NC(=O)c1cncc(Br)c1. The summed E-state index contributed by atoms with van der Waals surface area (Å²) in [5.41, 5.74) is 1.43. The van der Waals surface area contributed by atoms with E-state index in [0.29, 0.717) is 21.3 Å². The molecule has 0 spiro atoms. The minimum Gasteiger partial charge on any atom is -0.481 e. The molecule has 0 atom stereocenters. The van der Waals surface area contributed by atoms with Crippen molar-refractivity contribution in [2.75, 3.05) is 5.32 Å².